The number of fused-ring (bicyclic) bond motifs is 1. The summed E-state index contributed by atoms with van der Waals surface area (Å²) < 4.78 is 2.18. The zero-order chi connectivity index (χ0) is 21.4. The van der Waals surface area contributed by atoms with Crippen LogP contribution in [0.4, 0.5) is 4.79 Å². The Morgan fingerprint density at radius 3 is 2.40 bits per heavy atom. The van der Waals surface area contributed by atoms with Crippen molar-refractivity contribution in [1.82, 2.24) is 19.6 Å². The number of guanidine groups is 1. The fraction of sp³-hybridized carbons (Fsp3) is 0.524. The number of nitrogens with zero attached hydrogens (tertiary/aromatic N) is 6. The number of carbonyl (C=O) groups excluding carboxylic acids is 2. The highest BCUT2D eigenvalue weighted by Crippen LogP contribution is 2.25. The van der Waals surface area contributed by atoms with Crippen molar-refractivity contribution in [2.45, 2.75) is 19.5 Å². The largest absolute Gasteiger partial charge is 0.395 e. The van der Waals surface area contributed by atoms with Crippen LogP contribution in [-0.2, 0) is 11.3 Å². The topological polar surface area (TPSA) is 82.7 Å². The van der Waals surface area contributed by atoms with Gasteiger partial charge in [-0.05, 0) is 12.5 Å². The number of piperazine rings is 1. The summed E-state index contributed by atoms with van der Waals surface area (Å²) in [6.07, 6.45) is 0. The van der Waals surface area contributed by atoms with Gasteiger partial charge in [0.05, 0.1) is 26.2 Å². The summed E-state index contributed by atoms with van der Waals surface area (Å²) in [4.78, 5) is 37.2. The fourth-order valence-corrected chi connectivity index (χ4v) is 4.20. The monoisotopic (exact) mass is 413 g/mol. The van der Waals surface area contributed by atoms with Crippen molar-refractivity contribution in [3.05, 3.63) is 35.4 Å². The molecule has 3 amide bonds. The van der Waals surface area contributed by atoms with Crippen molar-refractivity contribution in [2.75, 3.05) is 53.4 Å². The third kappa shape index (κ3) is 3.59. The van der Waals surface area contributed by atoms with E-state index in [0.29, 0.717) is 18.9 Å². The molecule has 1 atom stereocenters. The summed E-state index contributed by atoms with van der Waals surface area (Å²) in [5.41, 5.74) is 2.27. The molecule has 0 aliphatic carbocycles. The van der Waals surface area contributed by atoms with E-state index in [4.69, 9.17) is 4.99 Å². The lowest BCUT2D eigenvalue weighted by atomic mass is 10.1. The first-order chi connectivity index (χ1) is 14.4. The highest BCUT2D eigenvalue weighted by molar-refractivity contribution is 6.25. The van der Waals surface area contributed by atoms with Gasteiger partial charge in [0.25, 0.3) is 5.91 Å². The zero-order valence-electron chi connectivity index (χ0n) is 17.8. The molecule has 0 bridgehead atoms. The van der Waals surface area contributed by atoms with E-state index in [2.05, 4.69) is 33.7 Å². The number of likely N-dealkylation sites (N-methyl/N-ethyl adjacent to an activating group) is 2. The Hall–Kier alpha value is -2.78. The number of urea groups is 1. The van der Waals surface area contributed by atoms with E-state index in [1.54, 1.807) is 7.05 Å². The number of carbonyl (C=O) groups is 2. The van der Waals surface area contributed by atoms with Gasteiger partial charge in [-0.15, -0.1) is 0 Å². The van der Waals surface area contributed by atoms with Crippen molar-refractivity contribution in [1.29, 1.82) is 0 Å². The molecule has 1 N–H and O–H groups in total. The van der Waals surface area contributed by atoms with Crippen LogP contribution in [0.3, 0.4) is 0 Å². The van der Waals surface area contributed by atoms with Gasteiger partial charge in [-0.25, -0.2) is 9.69 Å². The maximum Gasteiger partial charge on any atom is 0.392 e. The molecule has 3 heterocycles. The van der Waals surface area contributed by atoms with Crippen LogP contribution < -0.4 is 0 Å². The van der Waals surface area contributed by atoms with Crippen LogP contribution in [0, 0.1) is 6.92 Å². The van der Waals surface area contributed by atoms with Crippen LogP contribution in [0.15, 0.2) is 29.3 Å². The lowest BCUT2D eigenvalue weighted by Crippen LogP contribution is -2.62. The van der Waals surface area contributed by atoms with Crippen molar-refractivity contribution in [3.8, 4) is 0 Å². The van der Waals surface area contributed by atoms with E-state index in [1.165, 1.54) is 22.4 Å². The standard InChI is InChI=1S/C21H29N6O3/c1-15-4-6-16(7-5-15)14-27-17-18(23(2)21(30)24(3)19(17)29)22-20(27)26-10-8-25(9-11-26)12-13-28/h4-7,17,28H,8-14H2,1-3H3/q+1. The second-order valence-corrected chi connectivity index (χ2v) is 8.08. The minimum atomic E-state index is -0.607. The second kappa shape index (κ2) is 8.16. The normalized spacial score (nSPS) is 22.7. The first kappa shape index (κ1) is 20.5. The molecule has 30 heavy (non-hydrogen) atoms. The summed E-state index contributed by atoms with van der Waals surface area (Å²) >= 11 is 0. The minimum Gasteiger partial charge on any atom is -0.395 e. The molecule has 1 aromatic carbocycles. The number of benzene rings is 1. The van der Waals surface area contributed by atoms with E-state index in [1.807, 2.05) is 11.8 Å². The van der Waals surface area contributed by atoms with Gasteiger partial charge in [0.2, 0.25) is 11.9 Å². The third-order valence-corrected chi connectivity index (χ3v) is 6.05. The molecule has 3 aliphatic rings. The Balaban J connectivity index is 1.70. The number of amidine groups is 1. The summed E-state index contributed by atoms with van der Waals surface area (Å²) in [5.74, 6) is 0.975. The molecule has 2 fully saturated rings. The number of hydrogen-bond acceptors (Lipinski definition) is 4. The first-order valence-electron chi connectivity index (χ1n) is 10.3. The molecule has 0 spiro atoms. The number of amides is 3. The highest BCUT2D eigenvalue weighted by atomic mass is 16.3. The SMILES string of the molecule is Cc1ccc(CN2C(=[N+]3CCN(CCO)CC3)N=C3C2C(=O)N(C)C(=O)N3C)cc1. The molecule has 1 unspecified atom stereocenters. The van der Waals surface area contributed by atoms with Gasteiger partial charge in [-0.3, -0.25) is 24.1 Å². The molecule has 0 saturated carbocycles. The van der Waals surface area contributed by atoms with Gasteiger partial charge in [0.15, 0.2) is 0 Å². The van der Waals surface area contributed by atoms with Gasteiger partial charge in [0.1, 0.15) is 0 Å². The predicted octanol–water partition coefficient (Wildman–Crippen LogP) is -0.222. The quantitative estimate of drug-likeness (QED) is 0.690. The van der Waals surface area contributed by atoms with Crippen LogP contribution in [0.2, 0.25) is 0 Å². The van der Waals surface area contributed by atoms with Gasteiger partial charge < -0.3 is 5.11 Å². The minimum absolute atomic E-state index is 0.147. The van der Waals surface area contributed by atoms with Crippen LogP contribution in [0.1, 0.15) is 11.1 Å². The predicted molar refractivity (Wildman–Crippen MR) is 112 cm³/mol. The molecule has 2 saturated heterocycles. The number of aliphatic hydroxyl groups is 1. The van der Waals surface area contributed by atoms with Gasteiger partial charge >= 0.3 is 12.0 Å². The first-order valence-corrected chi connectivity index (χ1v) is 10.3. The molecule has 3 aliphatic heterocycles. The van der Waals surface area contributed by atoms with E-state index in [9.17, 15) is 14.7 Å². The lowest BCUT2D eigenvalue weighted by molar-refractivity contribution is -0.545. The van der Waals surface area contributed by atoms with Gasteiger partial charge in [-0.1, -0.05) is 34.8 Å². The Kier molecular flexibility index (Phi) is 5.57. The number of rotatable bonds is 4. The average Bonchev–Trinajstić information content (AvgIpc) is 3.12. The summed E-state index contributed by atoms with van der Waals surface area (Å²) in [7, 11) is 3.19. The lowest BCUT2D eigenvalue weighted by Gasteiger charge is -2.33. The molecule has 160 valence electrons. The van der Waals surface area contributed by atoms with Crippen LogP contribution >= 0.6 is 0 Å². The van der Waals surface area contributed by atoms with Crippen molar-refractivity contribution in [2.24, 2.45) is 4.99 Å². The average molecular weight is 414 g/mol. The Morgan fingerprint density at radius 1 is 1.10 bits per heavy atom. The summed E-state index contributed by atoms with van der Waals surface area (Å²) in [5, 5.41) is 9.20. The van der Waals surface area contributed by atoms with E-state index < -0.39 is 6.04 Å². The van der Waals surface area contributed by atoms with Crippen molar-refractivity contribution in [3.63, 3.8) is 0 Å². The second-order valence-electron chi connectivity index (χ2n) is 8.08. The number of imide groups is 1. The summed E-state index contributed by atoms with van der Waals surface area (Å²) in [6, 6.07) is 7.28. The number of hydrogen-bond donors (Lipinski definition) is 1. The number of aliphatic imine (C=N–C) groups is 1. The van der Waals surface area contributed by atoms with E-state index in [0.717, 1.165) is 37.7 Å². The maximum absolute atomic E-state index is 13.1. The van der Waals surface area contributed by atoms with E-state index >= 15 is 0 Å². The number of aryl methyl sites for hydroxylation is 1. The maximum atomic E-state index is 13.1. The van der Waals surface area contributed by atoms with Gasteiger partial charge in [0, 0.05) is 33.7 Å². The molecule has 0 radical (unpaired) electrons. The smallest absolute Gasteiger partial charge is 0.392 e. The zero-order valence-corrected chi connectivity index (χ0v) is 17.8. The fourth-order valence-electron chi connectivity index (χ4n) is 4.20. The summed E-state index contributed by atoms with van der Waals surface area (Å²) in [6.45, 7) is 6.54. The molecule has 0 aromatic heterocycles. The van der Waals surface area contributed by atoms with E-state index in [-0.39, 0.29) is 18.5 Å². The molecular weight excluding hydrogens is 384 g/mol. The Morgan fingerprint density at radius 2 is 1.77 bits per heavy atom. The highest BCUT2D eigenvalue weighted by Gasteiger charge is 2.55. The number of β-amino-alcohol motifs (C(OH)–C–C–N with tert-alkyl or cyclic N) is 1. The molecule has 9 nitrogen and oxygen atoms in total. The van der Waals surface area contributed by atoms with Crippen molar-refractivity contribution < 1.29 is 19.3 Å². The molecule has 9 heteroatoms. The molecular formula is C21H29N6O3+. The van der Waals surface area contributed by atoms with Crippen LogP contribution in [0.25, 0.3) is 0 Å². The van der Waals surface area contributed by atoms with Crippen LogP contribution in [-0.4, -0.2) is 112 Å². The Bertz CT molecular complexity index is 900. The van der Waals surface area contributed by atoms with Gasteiger partial charge in [-0.2, -0.15) is 0 Å². The Labute approximate surface area is 176 Å². The third-order valence-electron chi connectivity index (χ3n) is 6.05. The van der Waals surface area contributed by atoms with Crippen LogP contribution in [0.5, 0.6) is 0 Å². The molecule has 4 rings (SSSR count). The molecule has 1 aromatic rings. The number of aliphatic hydroxyl groups excluding tert-OH is 1. The van der Waals surface area contributed by atoms with Crippen molar-refractivity contribution >= 4 is 23.7 Å².